The molecule has 0 spiro atoms. The highest BCUT2D eigenvalue weighted by atomic mass is 16.5. The Morgan fingerprint density at radius 1 is 1.33 bits per heavy atom. The Hall–Kier alpha value is -1.40. The number of aromatic nitrogens is 2. The average Bonchev–Trinajstić information content (AvgIpc) is 2.25. The van der Waals surface area contributed by atoms with Crippen LogP contribution in [-0.4, -0.2) is 36.1 Å². The highest BCUT2D eigenvalue weighted by molar-refractivity contribution is 4.85. The highest BCUT2D eigenvalue weighted by Gasteiger charge is 2.14. The third-order valence-electron chi connectivity index (χ3n) is 2.47. The maximum atomic E-state index is 11.4. The minimum Gasteiger partial charge on any atom is -0.370 e. The number of rotatable bonds is 2. The van der Waals surface area contributed by atoms with Crippen LogP contribution in [0.3, 0.4) is 0 Å². The van der Waals surface area contributed by atoms with Crippen molar-refractivity contribution < 1.29 is 9.64 Å². The van der Waals surface area contributed by atoms with E-state index in [0.29, 0.717) is 19.9 Å². The van der Waals surface area contributed by atoms with E-state index >= 15 is 0 Å². The molecule has 1 aliphatic rings. The number of ether oxygens (including phenoxy) is 1. The lowest BCUT2D eigenvalue weighted by molar-refractivity contribution is -0.931. The van der Waals surface area contributed by atoms with Crippen LogP contribution < -0.4 is 16.0 Å². The van der Waals surface area contributed by atoms with Crippen molar-refractivity contribution in [1.29, 1.82) is 0 Å². The van der Waals surface area contributed by atoms with Gasteiger partial charge in [-0.05, 0) is 0 Å². The molecule has 1 aromatic heterocycles. The summed E-state index contributed by atoms with van der Waals surface area (Å²) in [6, 6.07) is 2.53. The topological polar surface area (TPSA) is 68.5 Å². The molecule has 0 bridgehead atoms. The van der Waals surface area contributed by atoms with Gasteiger partial charge >= 0.3 is 0 Å². The SMILES string of the molecule is O=c1ccc(=O)n(C[NH+]2CCOCC2)[nH]1. The molecule has 0 amide bonds. The first-order chi connectivity index (χ1) is 7.25. The third kappa shape index (κ3) is 2.54. The molecule has 6 heteroatoms. The van der Waals surface area contributed by atoms with E-state index in [4.69, 9.17) is 4.74 Å². The van der Waals surface area contributed by atoms with Crippen molar-refractivity contribution in [2.75, 3.05) is 26.3 Å². The summed E-state index contributed by atoms with van der Waals surface area (Å²) in [4.78, 5) is 23.7. The summed E-state index contributed by atoms with van der Waals surface area (Å²) in [6.45, 7) is 3.65. The standard InChI is InChI=1S/C9H13N3O3/c13-8-1-2-9(14)12(10-8)7-11-3-5-15-6-4-11/h1-2H,3-7H2,(H,10,13)/p+1. The second kappa shape index (κ2) is 4.41. The van der Waals surface area contributed by atoms with Gasteiger partial charge < -0.3 is 9.64 Å². The van der Waals surface area contributed by atoms with Gasteiger partial charge in [0.1, 0.15) is 13.1 Å². The third-order valence-corrected chi connectivity index (χ3v) is 2.47. The minimum absolute atomic E-state index is 0.173. The van der Waals surface area contributed by atoms with Crippen molar-refractivity contribution in [3.63, 3.8) is 0 Å². The van der Waals surface area contributed by atoms with Gasteiger partial charge in [-0.2, -0.15) is 4.68 Å². The molecule has 2 rings (SSSR count). The molecule has 1 saturated heterocycles. The second-order valence-electron chi connectivity index (χ2n) is 3.60. The lowest BCUT2D eigenvalue weighted by atomic mass is 10.4. The Kier molecular flexibility index (Phi) is 2.98. The Bertz CT molecular complexity index is 431. The van der Waals surface area contributed by atoms with Gasteiger partial charge in [-0.15, -0.1) is 0 Å². The van der Waals surface area contributed by atoms with Gasteiger partial charge in [-0.1, -0.05) is 0 Å². The lowest BCUT2D eigenvalue weighted by Crippen LogP contribution is -3.13. The summed E-state index contributed by atoms with van der Waals surface area (Å²) in [5.74, 6) is 0. The summed E-state index contributed by atoms with van der Waals surface area (Å²) >= 11 is 0. The maximum absolute atomic E-state index is 11.4. The van der Waals surface area contributed by atoms with Crippen LogP contribution >= 0.6 is 0 Å². The summed E-state index contributed by atoms with van der Waals surface area (Å²) in [6.07, 6.45) is 0. The van der Waals surface area contributed by atoms with Gasteiger partial charge in [0.05, 0.1) is 13.2 Å². The van der Waals surface area contributed by atoms with Crippen molar-refractivity contribution in [3.8, 4) is 0 Å². The zero-order valence-corrected chi connectivity index (χ0v) is 8.36. The van der Waals surface area contributed by atoms with Crippen LogP contribution in [0.4, 0.5) is 0 Å². The normalized spacial score (nSPS) is 17.9. The minimum atomic E-state index is -0.248. The molecule has 6 nitrogen and oxygen atoms in total. The Morgan fingerprint density at radius 3 is 2.80 bits per heavy atom. The van der Waals surface area contributed by atoms with E-state index in [1.807, 2.05) is 0 Å². The first-order valence-electron chi connectivity index (χ1n) is 4.97. The van der Waals surface area contributed by atoms with Gasteiger partial charge in [0.2, 0.25) is 0 Å². The molecule has 0 atom stereocenters. The zero-order chi connectivity index (χ0) is 10.7. The molecule has 0 radical (unpaired) electrons. The summed E-state index contributed by atoms with van der Waals surface area (Å²) in [5.41, 5.74) is -0.421. The molecular formula is C9H14N3O3+. The first kappa shape index (κ1) is 10.1. The molecule has 0 aromatic carbocycles. The first-order valence-corrected chi connectivity index (χ1v) is 4.97. The number of H-pyrrole nitrogens is 1. The lowest BCUT2D eigenvalue weighted by Gasteiger charge is -2.23. The smallest absolute Gasteiger partial charge is 0.269 e. The Balaban J connectivity index is 2.12. The van der Waals surface area contributed by atoms with E-state index in [1.165, 1.54) is 21.7 Å². The molecule has 0 aliphatic carbocycles. The van der Waals surface area contributed by atoms with Crippen LogP contribution in [0, 0.1) is 0 Å². The molecule has 82 valence electrons. The van der Waals surface area contributed by atoms with Gasteiger partial charge in [-0.3, -0.25) is 14.7 Å². The van der Waals surface area contributed by atoms with Gasteiger partial charge in [0.25, 0.3) is 11.1 Å². The number of morpholine rings is 1. The predicted molar refractivity (Wildman–Crippen MR) is 52.8 cm³/mol. The number of quaternary nitrogens is 1. The average molecular weight is 212 g/mol. The van der Waals surface area contributed by atoms with E-state index in [1.54, 1.807) is 0 Å². The van der Waals surface area contributed by atoms with E-state index in [9.17, 15) is 9.59 Å². The Labute approximate surface area is 86.1 Å². The summed E-state index contributed by atoms with van der Waals surface area (Å²) in [5, 5.41) is 2.51. The number of hydrogen-bond donors (Lipinski definition) is 2. The van der Waals surface area contributed by atoms with Gasteiger partial charge in [0, 0.05) is 12.1 Å². The van der Waals surface area contributed by atoms with E-state index in [2.05, 4.69) is 5.10 Å². The van der Waals surface area contributed by atoms with Crippen molar-refractivity contribution in [2.24, 2.45) is 0 Å². The molecule has 1 fully saturated rings. The Morgan fingerprint density at radius 2 is 2.07 bits per heavy atom. The highest BCUT2D eigenvalue weighted by Crippen LogP contribution is 1.75. The molecule has 0 saturated carbocycles. The van der Waals surface area contributed by atoms with Crippen LogP contribution in [0.2, 0.25) is 0 Å². The molecular weight excluding hydrogens is 198 g/mol. The number of aromatic amines is 1. The van der Waals surface area contributed by atoms with Crippen LogP contribution in [-0.2, 0) is 11.4 Å². The molecule has 15 heavy (non-hydrogen) atoms. The molecule has 2 N–H and O–H groups in total. The second-order valence-corrected chi connectivity index (χ2v) is 3.60. The monoisotopic (exact) mass is 212 g/mol. The van der Waals surface area contributed by atoms with Crippen LogP contribution in [0.1, 0.15) is 0 Å². The molecule has 1 aromatic rings. The predicted octanol–water partition coefficient (Wildman–Crippen LogP) is -2.59. The fourth-order valence-corrected chi connectivity index (χ4v) is 1.62. The number of nitrogens with one attached hydrogen (secondary N) is 2. The van der Waals surface area contributed by atoms with Gasteiger partial charge in [-0.25, -0.2) is 0 Å². The number of hydrogen-bond acceptors (Lipinski definition) is 3. The van der Waals surface area contributed by atoms with Crippen molar-refractivity contribution >= 4 is 0 Å². The van der Waals surface area contributed by atoms with Crippen LogP contribution in [0.25, 0.3) is 0 Å². The molecule has 0 unspecified atom stereocenters. The zero-order valence-electron chi connectivity index (χ0n) is 8.36. The van der Waals surface area contributed by atoms with Crippen LogP contribution in [0.15, 0.2) is 21.7 Å². The molecule has 2 heterocycles. The summed E-state index contributed by atoms with van der Waals surface area (Å²) < 4.78 is 6.56. The maximum Gasteiger partial charge on any atom is 0.269 e. The van der Waals surface area contributed by atoms with Crippen LogP contribution in [0.5, 0.6) is 0 Å². The van der Waals surface area contributed by atoms with Crippen molar-refractivity contribution in [2.45, 2.75) is 6.67 Å². The van der Waals surface area contributed by atoms with Gasteiger partial charge in [0.15, 0.2) is 6.67 Å². The number of nitrogens with zero attached hydrogens (tertiary/aromatic N) is 1. The molecule has 1 aliphatic heterocycles. The van der Waals surface area contributed by atoms with E-state index in [0.717, 1.165) is 13.1 Å². The van der Waals surface area contributed by atoms with Crippen molar-refractivity contribution in [3.05, 3.63) is 32.8 Å². The fourth-order valence-electron chi connectivity index (χ4n) is 1.62. The summed E-state index contributed by atoms with van der Waals surface area (Å²) in [7, 11) is 0. The van der Waals surface area contributed by atoms with E-state index < -0.39 is 0 Å². The quantitative estimate of drug-likeness (QED) is 0.565. The van der Waals surface area contributed by atoms with E-state index in [-0.39, 0.29) is 11.1 Å². The largest absolute Gasteiger partial charge is 0.370 e. The van der Waals surface area contributed by atoms with Crippen molar-refractivity contribution in [1.82, 2.24) is 9.78 Å². The fraction of sp³-hybridized carbons (Fsp3) is 0.556.